The van der Waals surface area contributed by atoms with Gasteiger partial charge in [-0.15, -0.1) is 12.4 Å². The first kappa shape index (κ1) is 19.0. The molecular formula is C17H20BrClN2O3. The molecule has 1 amide bonds. The van der Waals surface area contributed by atoms with Gasteiger partial charge in [-0.25, -0.2) is 4.79 Å². The maximum absolute atomic E-state index is 12.4. The standard InChI is InChI=1S/C17H19BrN2O3.ClH/c1-10-13-8-12(18)2-3-14(13)23-17(22)15(10)16(21)20-7-5-11-4-6-19-9-11;/h2-3,8,11,19H,4-7,9H2,1H3,(H,20,21);1H. The van der Waals surface area contributed by atoms with Crippen molar-refractivity contribution in [3.63, 3.8) is 0 Å². The molecule has 1 saturated heterocycles. The summed E-state index contributed by atoms with van der Waals surface area (Å²) in [5.41, 5.74) is 0.652. The Kier molecular flexibility index (Phi) is 6.43. The smallest absolute Gasteiger partial charge is 0.349 e. The summed E-state index contributed by atoms with van der Waals surface area (Å²) in [6, 6.07) is 5.39. The Labute approximate surface area is 154 Å². The number of aryl methyl sites for hydroxylation is 1. The second-order valence-corrected chi connectivity index (χ2v) is 6.85. The summed E-state index contributed by atoms with van der Waals surface area (Å²) in [6.45, 7) is 4.39. The fraction of sp³-hybridized carbons (Fsp3) is 0.412. The van der Waals surface area contributed by atoms with E-state index in [1.807, 2.05) is 6.07 Å². The Bertz CT molecular complexity index is 800. The molecule has 2 heterocycles. The Morgan fingerprint density at radius 2 is 2.25 bits per heavy atom. The number of fused-ring (bicyclic) bond motifs is 1. The normalized spacial score (nSPS) is 16.8. The first-order valence-electron chi connectivity index (χ1n) is 7.78. The van der Waals surface area contributed by atoms with Crippen molar-refractivity contribution < 1.29 is 9.21 Å². The summed E-state index contributed by atoms with van der Waals surface area (Å²) in [6.07, 6.45) is 2.06. The minimum Gasteiger partial charge on any atom is -0.422 e. The van der Waals surface area contributed by atoms with Gasteiger partial charge >= 0.3 is 5.63 Å². The van der Waals surface area contributed by atoms with Crippen LogP contribution in [-0.2, 0) is 0 Å². The summed E-state index contributed by atoms with van der Waals surface area (Å²) >= 11 is 3.40. The largest absolute Gasteiger partial charge is 0.422 e. The number of carbonyl (C=O) groups excluding carboxylic acids is 1. The highest BCUT2D eigenvalue weighted by Gasteiger charge is 2.19. The van der Waals surface area contributed by atoms with Gasteiger partial charge in [0, 0.05) is 16.4 Å². The van der Waals surface area contributed by atoms with Crippen molar-refractivity contribution in [3.8, 4) is 0 Å². The fourth-order valence-electron chi connectivity index (χ4n) is 3.02. The van der Waals surface area contributed by atoms with Gasteiger partial charge in [0.05, 0.1) is 0 Å². The van der Waals surface area contributed by atoms with Gasteiger partial charge in [-0.2, -0.15) is 0 Å². The molecule has 1 fully saturated rings. The maximum Gasteiger partial charge on any atom is 0.349 e. The van der Waals surface area contributed by atoms with E-state index in [1.165, 1.54) is 0 Å². The first-order valence-corrected chi connectivity index (χ1v) is 8.57. The number of carbonyl (C=O) groups is 1. The maximum atomic E-state index is 12.4. The van der Waals surface area contributed by atoms with E-state index < -0.39 is 5.63 Å². The topological polar surface area (TPSA) is 71.3 Å². The summed E-state index contributed by atoms with van der Waals surface area (Å²) in [5, 5.41) is 6.92. The molecule has 1 unspecified atom stereocenters. The molecule has 3 rings (SSSR count). The van der Waals surface area contributed by atoms with E-state index in [-0.39, 0.29) is 23.9 Å². The molecule has 0 bridgehead atoms. The summed E-state index contributed by atoms with van der Waals surface area (Å²) < 4.78 is 6.16. The van der Waals surface area contributed by atoms with Crippen LogP contribution in [0.3, 0.4) is 0 Å². The van der Waals surface area contributed by atoms with Crippen molar-refractivity contribution >= 4 is 45.2 Å². The molecule has 130 valence electrons. The molecule has 0 spiro atoms. The minimum absolute atomic E-state index is 0. The van der Waals surface area contributed by atoms with Crippen LogP contribution in [0.5, 0.6) is 0 Å². The predicted molar refractivity (Wildman–Crippen MR) is 100 cm³/mol. The summed E-state index contributed by atoms with van der Waals surface area (Å²) in [4.78, 5) is 24.5. The van der Waals surface area contributed by atoms with Gasteiger partial charge in [-0.3, -0.25) is 4.79 Å². The molecule has 0 aliphatic carbocycles. The molecule has 1 atom stereocenters. The lowest BCUT2D eigenvalue weighted by molar-refractivity contribution is 0.0947. The SMILES string of the molecule is Cc1c(C(=O)NCCC2CCNC2)c(=O)oc2ccc(Br)cc12.Cl. The average molecular weight is 416 g/mol. The van der Waals surface area contributed by atoms with Gasteiger partial charge in [-0.05, 0) is 62.5 Å². The van der Waals surface area contributed by atoms with Crippen LogP contribution in [0.25, 0.3) is 11.0 Å². The molecule has 0 saturated carbocycles. The zero-order valence-corrected chi connectivity index (χ0v) is 15.8. The molecule has 7 heteroatoms. The van der Waals surface area contributed by atoms with Crippen LogP contribution in [0.2, 0.25) is 0 Å². The lowest BCUT2D eigenvalue weighted by Gasteiger charge is -2.11. The van der Waals surface area contributed by atoms with E-state index in [9.17, 15) is 9.59 Å². The predicted octanol–water partition coefficient (Wildman–Crippen LogP) is 3.02. The van der Waals surface area contributed by atoms with E-state index in [1.54, 1.807) is 19.1 Å². The highest BCUT2D eigenvalue weighted by atomic mass is 79.9. The molecule has 5 nitrogen and oxygen atoms in total. The van der Waals surface area contributed by atoms with Gasteiger partial charge in [0.25, 0.3) is 5.91 Å². The Morgan fingerprint density at radius 3 is 2.96 bits per heavy atom. The minimum atomic E-state index is -0.586. The van der Waals surface area contributed by atoms with Crippen molar-refractivity contribution in [2.24, 2.45) is 5.92 Å². The molecular weight excluding hydrogens is 396 g/mol. The summed E-state index contributed by atoms with van der Waals surface area (Å²) in [7, 11) is 0. The Hall–Kier alpha value is -1.37. The van der Waals surface area contributed by atoms with E-state index in [4.69, 9.17) is 4.42 Å². The molecule has 1 aromatic heterocycles. The average Bonchev–Trinajstić information content (AvgIpc) is 3.01. The second-order valence-electron chi connectivity index (χ2n) is 5.93. The number of hydrogen-bond donors (Lipinski definition) is 2. The molecule has 1 aromatic carbocycles. The molecule has 24 heavy (non-hydrogen) atoms. The van der Waals surface area contributed by atoms with Crippen LogP contribution in [0, 0.1) is 12.8 Å². The Balaban J connectivity index is 0.00000208. The van der Waals surface area contributed by atoms with Crippen LogP contribution < -0.4 is 16.3 Å². The van der Waals surface area contributed by atoms with Gasteiger partial charge in [0.2, 0.25) is 0 Å². The van der Waals surface area contributed by atoms with Gasteiger partial charge < -0.3 is 15.1 Å². The number of benzene rings is 1. The fourth-order valence-corrected chi connectivity index (χ4v) is 3.39. The number of hydrogen-bond acceptors (Lipinski definition) is 4. The van der Waals surface area contributed by atoms with E-state index >= 15 is 0 Å². The number of amides is 1. The van der Waals surface area contributed by atoms with Gasteiger partial charge in [0.1, 0.15) is 11.1 Å². The number of halogens is 2. The highest BCUT2D eigenvalue weighted by Crippen LogP contribution is 2.23. The molecule has 1 aliphatic heterocycles. The van der Waals surface area contributed by atoms with Gasteiger partial charge in [-0.1, -0.05) is 15.9 Å². The third-order valence-corrected chi connectivity index (χ3v) is 4.85. The van der Waals surface area contributed by atoms with Crippen LogP contribution in [0.4, 0.5) is 0 Å². The summed E-state index contributed by atoms with van der Waals surface area (Å²) in [5.74, 6) is 0.240. The van der Waals surface area contributed by atoms with Crippen molar-refractivity contribution in [1.29, 1.82) is 0 Å². The van der Waals surface area contributed by atoms with Crippen LogP contribution in [-0.4, -0.2) is 25.5 Å². The van der Waals surface area contributed by atoms with Crippen molar-refractivity contribution in [2.45, 2.75) is 19.8 Å². The third-order valence-electron chi connectivity index (χ3n) is 4.35. The van der Waals surface area contributed by atoms with Crippen LogP contribution in [0.15, 0.2) is 31.9 Å². The van der Waals surface area contributed by atoms with Crippen molar-refractivity contribution in [2.75, 3.05) is 19.6 Å². The highest BCUT2D eigenvalue weighted by molar-refractivity contribution is 9.10. The van der Waals surface area contributed by atoms with Crippen LogP contribution >= 0.6 is 28.3 Å². The van der Waals surface area contributed by atoms with E-state index in [0.717, 1.165) is 35.8 Å². The first-order chi connectivity index (χ1) is 11.1. The number of nitrogens with one attached hydrogen (secondary N) is 2. The molecule has 1 aliphatic rings. The zero-order valence-electron chi connectivity index (χ0n) is 13.4. The lowest BCUT2D eigenvalue weighted by Crippen LogP contribution is -2.31. The molecule has 2 N–H and O–H groups in total. The Morgan fingerprint density at radius 1 is 1.46 bits per heavy atom. The van der Waals surface area contributed by atoms with E-state index in [2.05, 4.69) is 26.6 Å². The van der Waals surface area contributed by atoms with Crippen molar-refractivity contribution in [1.82, 2.24) is 10.6 Å². The second kappa shape index (κ2) is 8.14. The molecule has 0 radical (unpaired) electrons. The van der Waals surface area contributed by atoms with Crippen LogP contribution in [0.1, 0.15) is 28.8 Å². The van der Waals surface area contributed by atoms with Crippen molar-refractivity contribution in [3.05, 3.63) is 44.2 Å². The quantitative estimate of drug-likeness (QED) is 0.753. The van der Waals surface area contributed by atoms with Gasteiger partial charge in [0.15, 0.2) is 0 Å². The number of rotatable bonds is 4. The lowest BCUT2D eigenvalue weighted by atomic mass is 10.0. The zero-order chi connectivity index (χ0) is 16.4. The molecule has 2 aromatic rings. The monoisotopic (exact) mass is 414 g/mol. The van der Waals surface area contributed by atoms with E-state index in [0.29, 0.717) is 23.6 Å². The third kappa shape index (κ3) is 3.99.